The third kappa shape index (κ3) is 8.67. The highest BCUT2D eigenvalue weighted by atomic mass is 35.5. The number of carbonyl (C=O) groups is 1. The van der Waals surface area contributed by atoms with E-state index in [1.165, 1.54) is 55.9 Å². The topological polar surface area (TPSA) is 101 Å². The lowest BCUT2D eigenvalue weighted by Crippen LogP contribution is -2.16. The van der Waals surface area contributed by atoms with E-state index in [2.05, 4.69) is 9.72 Å². The molecule has 1 heterocycles. The molecule has 1 aromatic heterocycles. The van der Waals surface area contributed by atoms with Crippen molar-refractivity contribution in [2.75, 3.05) is 20.0 Å². The maximum absolute atomic E-state index is 13.5. The monoisotopic (exact) mass is 629 g/mol. The summed E-state index contributed by atoms with van der Waals surface area (Å²) >= 11 is 12.7. The number of halogens is 4. The van der Waals surface area contributed by atoms with E-state index >= 15 is 0 Å². The number of pyridine rings is 1. The summed E-state index contributed by atoms with van der Waals surface area (Å²) in [5, 5.41) is 0.461. The van der Waals surface area contributed by atoms with Crippen molar-refractivity contribution in [1.29, 1.82) is 0 Å². The van der Waals surface area contributed by atoms with Gasteiger partial charge in [0.15, 0.2) is 21.3 Å². The van der Waals surface area contributed by atoms with E-state index in [1.807, 2.05) is 0 Å². The number of hydrogen-bond acceptors (Lipinski definition) is 8. The fraction of sp³-hybridized carbons (Fsp3) is 0.357. The van der Waals surface area contributed by atoms with Crippen LogP contribution in [-0.4, -0.2) is 46.0 Å². The van der Waals surface area contributed by atoms with Crippen LogP contribution in [-0.2, 0) is 26.7 Å². The lowest BCUT2D eigenvalue weighted by molar-refractivity contribution is -0.0515. The molecule has 0 N–H and O–H groups in total. The highest BCUT2D eigenvalue weighted by Crippen LogP contribution is 2.38. The second-order valence-corrected chi connectivity index (χ2v) is 12.6. The molecular formula is C28H27Cl2F2NO7S. The lowest BCUT2D eigenvalue weighted by Gasteiger charge is -2.22. The van der Waals surface area contributed by atoms with Gasteiger partial charge in [0, 0.05) is 25.1 Å². The van der Waals surface area contributed by atoms with Gasteiger partial charge in [-0.1, -0.05) is 35.3 Å². The molecule has 1 saturated carbocycles. The smallest absolute Gasteiger partial charge is 0.387 e. The molecule has 0 spiro atoms. The number of methoxy groups -OCH3 is 1. The van der Waals surface area contributed by atoms with E-state index in [0.717, 1.165) is 19.1 Å². The number of esters is 1. The van der Waals surface area contributed by atoms with Crippen LogP contribution in [0.2, 0.25) is 10.0 Å². The van der Waals surface area contributed by atoms with Crippen molar-refractivity contribution >= 4 is 39.0 Å². The highest BCUT2D eigenvalue weighted by molar-refractivity contribution is 7.89. The first kappa shape index (κ1) is 30.8. The average Bonchev–Trinajstić information content (AvgIpc) is 3.73. The van der Waals surface area contributed by atoms with Crippen LogP contribution < -0.4 is 14.2 Å². The lowest BCUT2D eigenvalue weighted by atomic mass is 10.0. The Kier molecular flexibility index (Phi) is 9.93. The van der Waals surface area contributed by atoms with Gasteiger partial charge in [-0.25, -0.2) is 13.2 Å². The number of nitrogens with zero attached hydrogens (tertiary/aromatic N) is 1. The Balaban J connectivity index is 1.72. The minimum atomic E-state index is -3.39. The maximum atomic E-state index is 13.5. The predicted molar refractivity (Wildman–Crippen MR) is 149 cm³/mol. The van der Waals surface area contributed by atoms with Crippen molar-refractivity contribution in [3.05, 3.63) is 81.1 Å². The Morgan fingerprint density at radius 1 is 1.05 bits per heavy atom. The third-order valence-electron chi connectivity index (χ3n) is 6.23. The minimum Gasteiger partial charge on any atom is -0.496 e. The second kappa shape index (κ2) is 13.2. The average molecular weight is 630 g/mol. The van der Waals surface area contributed by atoms with Crippen LogP contribution in [0.3, 0.4) is 0 Å². The summed E-state index contributed by atoms with van der Waals surface area (Å²) < 4.78 is 71.5. The molecule has 1 unspecified atom stereocenters. The molecule has 1 fully saturated rings. The van der Waals surface area contributed by atoms with E-state index in [-0.39, 0.29) is 45.0 Å². The van der Waals surface area contributed by atoms with Crippen LogP contribution in [0.5, 0.6) is 17.2 Å². The van der Waals surface area contributed by atoms with Crippen LogP contribution in [0.25, 0.3) is 0 Å². The zero-order chi connectivity index (χ0) is 29.7. The Morgan fingerprint density at radius 2 is 1.73 bits per heavy atom. The van der Waals surface area contributed by atoms with Gasteiger partial charge in [0.2, 0.25) is 0 Å². The molecule has 13 heteroatoms. The molecule has 0 bridgehead atoms. The Bertz CT molecular complexity index is 1500. The fourth-order valence-electron chi connectivity index (χ4n) is 4.07. The summed E-state index contributed by atoms with van der Waals surface area (Å²) in [5.41, 5.74) is 1.18. The maximum Gasteiger partial charge on any atom is 0.387 e. The molecule has 1 atom stereocenters. The Morgan fingerprint density at radius 3 is 2.34 bits per heavy atom. The minimum absolute atomic E-state index is 0.00557. The zero-order valence-electron chi connectivity index (χ0n) is 22.1. The van der Waals surface area contributed by atoms with Gasteiger partial charge in [0.05, 0.1) is 29.5 Å². The number of alkyl halides is 2. The van der Waals surface area contributed by atoms with E-state index in [1.54, 1.807) is 0 Å². The van der Waals surface area contributed by atoms with Crippen molar-refractivity contribution in [2.24, 2.45) is 5.92 Å². The molecule has 0 aliphatic heterocycles. The number of ether oxygens (including phenoxy) is 4. The van der Waals surface area contributed by atoms with Gasteiger partial charge in [0.1, 0.15) is 17.4 Å². The molecule has 0 amide bonds. The molecular weight excluding hydrogens is 603 g/mol. The van der Waals surface area contributed by atoms with E-state index in [4.69, 9.17) is 37.4 Å². The molecule has 8 nitrogen and oxygen atoms in total. The first-order valence-electron chi connectivity index (χ1n) is 12.5. The van der Waals surface area contributed by atoms with Crippen LogP contribution in [0, 0.1) is 5.92 Å². The van der Waals surface area contributed by atoms with Gasteiger partial charge in [-0.05, 0) is 59.7 Å². The summed E-state index contributed by atoms with van der Waals surface area (Å²) in [5.74, 6) is -0.722. The normalized spacial score (nSPS) is 14.0. The summed E-state index contributed by atoms with van der Waals surface area (Å²) in [6, 6.07) is 8.65. The summed E-state index contributed by atoms with van der Waals surface area (Å²) in [6.07, 6.45) is 4.78. The van der Waals surface area contributed by atoms with Crippen LogP contribution >= 0.6 is 23.2 Å². The van der Waals surface area contributed by atoms with Gasteiger partial charge in [0.25, 0.3) is 0 Å². The van der Waals surface area contributed by atoms with Gasteiger partial charge in [-0.3, -0.25) is 4.98 Å². The van der Waals surface area contributed by atoms with Crippen molar-refractivity contribution in [2.45, 2.75) is 37.7 Å². The summed E-state index contributed by atoms with van der Waals surface area (Å²) in [4.78, 5) is 17.5. The first-order valence-corrected chi connectivity index (χ1v) is 15.3. The number of benzene rings is 2. The van der Waals surface area contributed by atoms with E-state index in [9.17, 15) is 22.0 Å². The zero-order valence-corrected chi connectivity index (χ0v) is 24.4. The van der Waals surface area contributed by atoms with Crippen molar-refractivity contribution in [1.82, 2.24) is 4.98 Å². The standard InChI is InChI=1S/C28H27Cl2F2NO7S/c1-37-23-7-5-17(15-41(2,35)36)9-20(23)27(34)39-25(11-19-21(29)12-33-13-22(19)30)18-6-8-24(40-28(31)32)26(10-18)38-14-16-3-4-16/h5-10,12-13,16,25,28H,3-4,11,14-15H2,1-2H3. The van der Waals surface area contributed by atoms with Gasteiger partial charge >= 0.3 is 12.6 Å². The molecule has 3 aromatic rings. The number of carbonyl (C=O) groups excluding carboxylic acids is 1. The number of aromatic nitrogens is 1. The fourth-order valence-corrected chi connectivity index (χ4v) is 5.37. The molecule has 1 aliphatic carbocycles. The molecule has 0 radical (unpaired) electrons. The molecule has 220 valence electrons. The van der Waals surface area contributed by atoms with Gasteiger partial charge < -0.3 is 18.9 Å². The Labute approximate surface area is 246 Å². The molecule has 4 rings (SSSR count). The van der Waals surface area contributed by atoms with E-state index < -0.39 is 28.5 Å². The van der Waals surface area contributed by atoms with E-state index in [0.29, 0.717) is 29.2 Å². The number of rotatable bonds is 13. The molecule has 2 aromatic carbocycles. The number of sulfone groups is 1. The quantitative estimate of drug-likeness (QED) is 0.198. The van der Waals surface area contributed by atoms with Crippen LogP contribution in [0.15, 0.2) is 48.8 Å². The predicted octanol–water partition coefficient (Wildman–Crippen LogP) is 6.47. The van der Waals surface area contributed by atoms with Crippen LogP contribution in [0.1, 0.15) is 46.0 Å². The summed E-state index contributed by atoms with van der Waals surface area (Å²) in [7, 11) is -2.02. The number of hydrogen-bond donors (Lipinski definition) is 0. The van der Waals surface area contributed by atoms with Crippen molar-refractivity contribution < 1.29 is 40.9 Å². The molecule has 41 heavy (non-hydrogen) atoms. The van der Waals surface area contributed by atoms with Gasteiger partial charge in [-0.15, -0.1) is 0 Å². The molecule has 0 saturated heterocycles. The third-order valence-corrected chi connectivity index (χ3v) is 7.74. The van der Waals surface area contributed by atoms with Crippen molar-refractivity contribution in [3.63, 3.8) is 0 Å². The second-order valence-electron chi connectivity index (χ2n) is 9.62. The van der Waals surface area contributed by atoms with Crippen LogP contribution in [0.4, 0.5) is 8.78 Å². The first-order chi connectivity index (χ1) is 19.4. The Hall–Kier alpha value is -3.15. The molecule has 1 aliphatic rings. The largest absolute Gasteiger partial charge is 0.496 e. The highest BCUT2D eigenvalue weighted by Gasteiger charge is 2.27. The SMILES string of the molecule is COc1ccc(CS(C)(=O)=O)cc1C(=O)OC(Cc1c(Cl)cncc1Cl)c1ccc(OC(F)F)c(OCC2CC2)c1. The van der Waals surface area contributed by atoms with Crippen molar-refractivity contribution in [3.8, 4) is 17.2 Å². The van der Waals surface area contributed by atoms with Gasteiger partial charge in [-0.2, -0.15) is 8.78 Å². The summed E-state index contributed by atoms with van der Waals surface area (Å²) in [6.45, 7) is -2.75.